The Kier molecular flexibility index (Phi) is 4.49. The molecular weight excluding hydrogens is 347 g/mol. The van der Waals surface area contributed by atoms with Crippen molar-refractivity contribution in [1.82, 2.24) is 19.7 Å². The Balaban J connectivity index is 1.49. The van der Waals surface area contributed by atoms with Crippen molar-refractivity contribution in [2.45, 2.75) is 19.9 Å². The fourth-order valence-electron chi connectivity index (χ4n) is 3.31. The number of fused-ring (bicyclic) bond motifs is 1. The van der Waals surface area contributed by atoms with Crippen LogP contribution < -0.4 is 15.5 Å². The van der Waals surface area contributed by atoms with E-state index in [9.17, 15) is 9.18 Å². The van der Waals surface area contributed by atoms with Crippen molar-refractivity contribution in [3.05, 3.63) is 53.9 Å². The summed E-state index contributed by atoms with van der Waals surface area (Å²) in [5, 5.41) is 6.11. The number of aromatic nitrogens is 3. The number of piperazine rings is 1. The molecule has 0 aliphatic carbocycles. The van der Waals surface area contributed by atoms with E-state index in [-0.39, 0.29) is 11.2 Å². The maximum absolute atomic E-state index is 14.2. The molecule has 3 aromatic heterocycles. The van der Waals surface area contributed by atoms with E-state index in [1.165, 1.54) is 10.5 Å². The van der Waals surface area contributed by atoms with Gasteiger partial charge in [-0.25, -0.2) is 14.4 Å². The van der Waals surface area contributed by atoms with E-state index in [0.717, 1.165) is 25.3 Å². The number of carbonyl (C=O) groups excluding carboxylic acids is 1. The Hall–Kier alpha value is -3.00. The van der Waals surface area contributed by atoms with E-state index in [2.05, 4.69) is 32.4 Å². The van der Waals surface area contributed by atoms with Crippen LogP contribution in [0.25, 0.3) is 5.65 Å². The second-order valence-corrected chi connectivity index (χ2v) is 6.85. The number of imidazole rings is 1. The quantitative estimate of drug-likeness (QED) is 0.742. The van der Waals surface area contributed by atoms with Crippen molar-refractivity contribution in [2.24, 2.45) is 0 Å². The van der Waals surface area contributed by atoms with Gasteiger partial charge in [0.15, 0.2) is 11.5 Å². The number of pyridine rings is 2. The summed E-state index contributed by atoms with van der Waals surface area (Å²) in [7, 11) is 0. The first-order chi connectivity index (χ1) is 13.0. The summed E-state index contributed by atoms with van der Waals surface area (Å²) >= 11 is 0. The molecule has 1 unspecified atom stereocenters. The van der Waals surface area contributed by atoms with Gasteiger partial charge in [0.05, 0.1) is 23.1 Å². The maximum Gasteiger partial charge on any atom is 0.258 e. The lowest BCUT2D eigenvalue weighted by molar-refractivity contribution is 0.102. The molecular formula is C19H21FN6O. The smallest absolute Gasteiger partial charge is 0.258 e. The summed E-state index contributed by atoms with van der Waals surface area (Å²) in [4.78, 5) is 23.1. The third-order valence-corrected chi connectivity index (χ3v) is 4.61. The van der Waals surface area contributed by atoms with Crippen LogP contribution in [-0.4, -0.2) is 46.0 Å². The molecule has 27 heavy (non-hydrogen) atoms. The van der Waals surface area contributed by atoms with E-state index >= 15 is 0 Å². The molecule has 1 aliphatic rings. The van der Waals surface area contributed by atoms with Crippen molar-refractivity contribution in [3.63, 3.8) is 0 Å². The van der Waals surface area contributed by atoms with Crippen LogP contribution in [0.3, 0.4) is 0 Å². The van der Waals surface area contributed by atoms with Gasteiger partial charge in [-0.15, -0.1) is 0 Å². The topological polar surface area (TPSA) is 74.6 Å². The number of rotatable bonds is 3. The van der Waals surface area contributed by atoms with Crippen molar-refractivity contribution >= 4 is 23.1 Å². The van der Waals surface area contributed by atoms with Crippen LogP contribution in [0.4, 0.5) is 15.9 Å². The van der Waals surface area contributed by atoms with E-state index in [1.807, 2.05) is 6.07 Å². The number of halogens is 1. The monoisotopic (exact) mass is 368 g/mol. The lowest BCUT2D eigenvalue weighted by atomic mass is 10.2. The molecule has 8 heteroatoms. The van der Waals surface area contributed by atoms with Gasteiger partial charge >= 0.3 is 0 Å². The minimum Gasteiger partial charge on any atom is -0.367 e. The number of amides is 1. The lowest BCUT2D eigenvalue weighted by Crippen LogP contribution is -2.49. The summed E-state index contributed by atoms with van der Waals surface area (Å²) in [6.45, 7) is 6.68. The fourth-order valence-corrected chi connectivity index (χ4v) is 3.31. The van der Waals surface area contributed by atoms with Gasteiger partial charge in [-0.1, -0.05) is 0 Å². The van der Waals surface area contributed by atoms with Crippen molar-refractivity contribution in [1.29, 1.82) is 0 Å². The van der Waals surface area contributed by atoms with Gasteiger partial charge in [-0.3, -0.25) is 4.79 Å². The van der Waals surface area contributed by atoms with Crippen LogP contribution in [0.15, 0.2) is 36.8 Å². The van der Waals surface area contributed by atoms with Crippen molar-refractivity contribution < 1.29 is 9.18 Å². The zero-order valence-electron chi connectivity index (χ0n) is 15.2. The van der Waals surface area contributed by atoms with Gasteiger partial charge in [0.25, 0.3) is 5.91 Å². The molecule has 0 radical (unpaired) electrons. The number of aryl methyl sites for hydroxylation is 1. The Morgan fingerprint density at radius 2 is 2.22 bits per heavy atom. The molecule has 140 valence electrons. The summed E-state index contributed by atoms with van der Waals surface area (Å²) in [6.07, 6.45) is 4.98. The van der Waals surface area contributed by atoms with Crippen LogP contribution in [0.1, 0.15) is 23.0 Å². The van der Waals surface area contributed by atoms with Crippen molar-refractivity contribution in [3.8, 4) is 0 Å². The molecule has 7 nitrogen and oxygen atoms in total. The van der Waals surface area contributed by atoms with Crippen LogP contribution in [0, 0.1) is 12.7 Å². The first kappa shape index (κ1) is 17.4. The molecule has 2 N–H and O–H groups in total. The van der Waals surface area contributed by atoms with Crippen LogP contribution in [0.2, 0.25) is 0 Å². The highest BCUT2D eigenvalue weighted by Gasteiger charge is 2.17. The molecule has 1 amide bonds. The molecule has 1 aliphatic heterocycles. The van der Waals surface area contributed by atoms with Crippen LogP contribution in [-0.2, 0) is 0 Å². The second kappa shape index (κ2) is 6.96. The molecule has 1 atom stereocenters. The Labute approximate surface area is 156 Å². The van der Waals surface area contributed by atoms with E-state index in [1.54, 1.807) is 31.6 Å². The second-order valence-electron chi connectivity index (χ2n) is 6.85. The third-order valence-electron chi connectivity index (χ3n) is 4.61. The van der Waals surface area contributed by atoms with Crippen molar-refractivity contribution in [2.75, 3.05) is 29.9 Å². The molecule has 0 spiro atoms. The van der Waals surface area contributed by atoms with E-state index < -0.39 is 11.7 Å². The van der Waals surface area contributed by atoms with Gasteiger partial charge in [-0.2, -0.15) is 0 Å². The third kappa shape index (κ3) is 3.61. The maximum atomic E-state index is 14.2. The highest BCUT2D eigenvalue weighted by atomic mass is 19.1. The molecule has 3 aromatic rings. The first-order valence-corrected chi connectivity index (χ1v) is 8.90. The van der Waals surface area contributed by atoms with E-state index in [4.69, 9.17) is 0 Å². The minimum absolute atomic E-state index is 0.205. The molecule has 4 heterocycles. The van der Waals surface area contributed by atoms with E-state index in [0.29, 0.717) is 17.6 Å². The Morgan fingerprint density at radius 1 is 1.37 bits per heavy atom. The number of hydrogen-bond acceptors (Lipinski definition) is 5. The minimum atomic E-state index is -0.535. The lowest BCUT2D eigenvalue weighted by Gasteiger charge is -2.33. The average Bonchev–Trinajstić information content (AvgIpc) is 3.03. The molecule has 0 bridgehead atoms. The predicted octanol–water partition coefficient (Wildman–Crippen LogP) is 2.23. The summed E-state index contributed by atoms with van der Waals surface area (Å²) in [5.41, 5.74) is 2.12. The van der Waals surface area contributed by atoms with Gasteiger partial charge in [0.2, 0.25) is 0 Å². The largest absolute Gasteiger partial charge is 0.367 e. The van der Waals surface area contributed by atoms with Gasteiger partial charge in [0, 0.05) is 38.1 Å². The standard InChI is InChI=1S/C19H21FN6O/c1-12-9-25(6-5-21-12)15-3-4-17(22-8-15)24-19(27)14-7-16(20)18-23-13(2)10-26(18)11-14/h3-4,7-8,10-12,21H,5-6,9H2,1-2H3,(H,22,24,27). The first-order valence-electron chi connectivity index (χ1n) is 8.90. The van der Waals surface area contributed by atoms with Gasteiger partial charge in [-0.05, 0) is 32.0 Å². The molecule has 1 saturated heterocycles. The van der Waals surface area contributed by atoms with Crippen LogP contribution in [0.5, 0.6) is 0 Å². The highest BCUT2D eigenvalue weighted by molar-refractivity contribution is 6.03. The number of carbonyl (C=O) groups is 1. The zero-order chi connectivity index (χ0) is 19.0. The van der Waals surface area contributed by atoms with Gasteiger partial charge < -0.3 is 19.9 Å². The average molecular weight is 368 g/mol. The Bertz CT molecular complexity index is 984. The highest BCUT2D eigenvalue weighted by Crippen LogP contribution is 2.18. The molecule has 0 saturated carbocycles. The molecule has 1 fully saturated rings. The van der Waals surface area contributed by atoms with Crippen LogP contribution >= 0.6 is 0 Å². The summed E-state index contributed by atoms with van der Waals surface area (Å²) in [5.74, 6) is -0.528. The predicted molar refractivity (Wildman–Crippen MR) is 102 cm³/mol. The fraction of sp³-hybridized carbons (Fsp3) is 0.316. The van der Waals surface area contributed by atoms with Gasteiger partial charge in [0.1, 0.15) is 5.82 Å². The number of anilines is 2. The number of hydrogen-bond donors (Lipinski definition) is 2. The molecule has 4 rings (SSSR count). The zero-order valence-corrected chi connectivity index (χ0v) is 15.2. The summed E-state index contributed by atoms with van der Waals surface area (Å²) in [6, 6.07) is 5.31. The molecule has 0 aromatic carbocycles. The SMILES string of the molecule is Cc1cn2cc(C(=O)Nc3ccc(N4CCNC(C)C4)cn3)cc(F)c2n1. The Morgan fingerprint density at radius 3 is 2.96 bits per heavy atom. The number of nitrogens with zero attached hydrogens (tertiary/aromatic N) is 4. The number of nitrogens with one attached hydrogen (secondary N) is 2. The normalized spacial score (nSPS) is 17.3. The summed E-state index contributed by atoms with van der Waals surface area (Å²) < 4.78 is 15.7.